The highest BCUT2D eigenvalue weighted by atomic mass is 16.5. The normalized spacial score (nSPS) is 18.9. The summed E-state index contributed by atoms with van der Waals surface area (Å²) in [5.41, 5.74) is 0. The van der Waals surface area contributed by atoms with Gasteiger partial charge in [0, 0.05) is 46.4 Å². The molecule has 6 heteroatoms. The van der Waals surface area contributed by atoms with Crippen molar-refractivity contribution in [1.82, 2.24) is 10.2 Å². The molecule has 0 saturated carbocycles. The van der Waals surface area contributed by atoms with Gasteiger partial charge in [0.05, 0.1) is 12.5 Å². The third kappa shape index (κ3) is 5.57. The smallest absolute Gasteiger partial charge is 0.225 e. The van der Waals surface area contributed by atoms with E-state index in [1.165, 1.54) is 0 Å². The van der Waals surface area contributed by atoms with Crippen LogP contribution in [-0.4, -0.2) is 63.3 Å². The minimum atomic E-state index is -0.226. The third-order valence-corrected chi connectivity index (χ3v) is 3.12. The molecule has 110 valence electrons. The van der Waals surface area contributed by atoms with Gasteiger partial charge < -0.3 is 19.7 Å². The summed E-state index contributed by atoms with van der Waals surface area (Å²) in [4.78, 5) is 25.2. The second-order valence-corrected chi connectivity index (χ2v) is 4.58. The van der Waals surface area contributed by atoms with Crippen molar-refractivity contribution < 1.29 is 19.1 Å². The molecule has 1 saturated heterocycles. The summed E-state index contributed by atoms with van der Waals surface area (Å²) in [6.45, 7) is 5.45. The highest BCUT2D eigenvalue weighted by molar-refractivity contribution is 5.89. The van der Waals surface area contributed by atoms with Crippen LogP contribution in [0.15, 0.2) is 0 Å². The summed E-state index contributed by atoms with van der Waals surface area (Å²) in [6.07, 6.45) is 1.11. The molecule has 1 unspecified atom stereocenters. The van der Waals surface area contributed by atoms with Gasteiger partial charge in [0.15, 0.2) is 0 Å². The maximum absolute atomic E-state index is 11.9. The van der Waals surface area contributed by atoms with Crippen LogP contribution in [0.2, 0.25) is 0 Å². The minimum absolute atomic E-state index is 0.0338. The van der Waals surface area contributed by atoms with Crippen LogP contribution in [0.4, 0.5) is 0 Å². The van der Waals surface area contributed by atoms with E-state index >= 15 is 0 Å². The number of carbonyl (C=O) groups excluding carboxylic acids is 2. The quantitative estimate of drug-likeness (QED) is 0.601. The summed E-state index contributed by atoms with van der Waals surface area (Å²) >= 11 is 0. The van der Waals surface area contributed by atoms with Crippen molar-refractivity contribution in [2.75, 3.05) is 46.6 Å². The molecular weight excluding hydrogens is 248 g/mol. The van der Waals surface area contributed by atoms with Crippen molar-refractivity contribution in [1.29, 1.82) is 0 Å². The molecule has 1 rings (SSSR count). The average Bonchev–Trinajstić information content (AvgIpc) is 2.77. The maximum atomic E-state index is 11.9. The summed E-state index contributed by atoms with van der Waals surface area (Å²) in [5, 5.41) is 2.85. The predicted octanol–water partition coefficient (Wildman–Crippen LogP) is 0.0241. The molecule has 1 aliphatic rings. The van der Waals surface area contributed by atoms with Gasteiger partial charge in [-0.3, -0.25) is 9.59 Å². The molecule has 0 bridgehead atoms. The number of carbonyl (C=O) groups is 2. The molecule has 0 aromatic heterocycles. The number of ether oxygens (including phenoxy) is 2. The van der Waals surface area contributed by atoms with Crippen molar-refractivity contribution in [2.24, 2.45) is 5.92 Å². The van der Waals surface area contributed by atoms with Crippen molar-refractivity contribution in [3.63, 3.8) is 0 Å². The molecule has 6 nitrogen and oxygen atoms in total. The first-order chi connectivity index (χ1) is 9.19. The van der Waals surface area contributed by atoms with E-state index in [0.717, 1.165) is 6.42 Å². The van der Waals surface area contributed by atoms with Gasteiger partial charge >= 0.3 is 0 Å². The van der Waals surface area contributed by atoms with Crippen LogP contribution in [0.3, 0.4) is 0 Å². The van der Waals surface area contributed by atoms with Crippen LogP contribution >= 0.6 is 0 Å². The predicted molar refractivity (Wildman–Crippen MR) is 70.7 cm³/mol. The highest BCUT2D eigenvalue weighted by Gasteiger charge is 2.33. The fourth-order valence-electron chi connectivity index (χ4n) is 2.04. The Bertz CT molecular complexity index is 296. The Morgan fingerprint density at radius 3 is 2.95 bits per heavy atom. The monoisotopic (exact) mass is 272 g/mol. The number of likely N-dealkylation sites (tertiary alicyclic amines) is 1. The van der Waals surface area contributed by atoms with Crippen molar-refractivity contribution in [3.8, 4) is 0 Å². The van der Waals surface area contributed by atoms with Crippen LogP contribution in [0.5, 0.6) is 0 Å². The Labute approximate surface area is 114 Å². The Morgan fingerprint density at radius 1 is 1.47 bits per heavy atom. The number of nitrogens with zero attached hydrogens (tertiary/aromatic N) is 1. The fourth-order valence-corrected chi connectivity index (χ4v) is 2.04. The van der Waals surface area contributed by atoms with Crippen LogP contribution < -0.4 is 5.32 Å². The largest absolute Gasteiger partial charge is 0.383 e. The van der Waals surface area contributed by atoms with Crippen LogP contribution in [0.1, 0.15) is 19.8 Å². The molecule has 2 amide bonds. The number of hydrogen-bond donors (Lipinski definition) is 1. The Morgan fingerprint density at radius 2 is 2.26 bits per heavy atom. The van der Waals surface area contributed by atoms with Gasteiger partial charge in [-0.05, 0) is 13.3 Å². The molecule has 0 aliphatic carbocycles. The summed E-state index contributed by atoms with van der Waals surface area (Å²) in [5.74, 6) is -0.229. The van der Waals surface area contributed by atoms with E-state index in [0.29, 0.717) is 45.9 Å². The van der Waals surface area contributed by atoms with Crippen LogP contribution in [0.25, 0.3) is 0 Å². The summed E-state index contributed by atoms with van der Waals surface area (Å²) in [6, 6.07) is 0. The van der Waals surface area contributed by atoms with Crippen molar-refractivity contribution >= 4 is 11.8 Å². The highest BCUT2D eigenvalue weighted by Crippen LogP contribution is 2.17. The van der Waals surface area contributed by atoms with Gasteiger partial charge in [0.25, 0.3) is 0 Å². The molecule has 19 heavy (non-hydrogen) atoms. The van der Waals surface area contributed by atoms with E-state index in [9.17, 15) is 9.59 Å². The second-order valence-electron chi connectivity index (χ2n) is 4.58. The Kier molecular flexibility index (Phi) is 7.43. The summed E-state index contributed by atoms with van der Waals surface area (Å²) in [7, 11) is 1.60. The molecule has 0 radical (unpaired) electrons. The average molecular weight is 272 g/mol. The number of amides is 2. The zero-order chi connectivity index (χ0) is 14.1. The van der Waals surface area contributed by atoms with Crippen molar-refractivity contribution in [2.45, 2.75) is 19.8 Å². The van der Waals surface area contributed by atoms with Crippen LogP contribution in [-0.2, 0) is 19.1 Å². The SMILES string of the molecule is CCOCCCNC(=O)C1CC(=O)N(CCOC)C1. The van der Waals surface area contributed by atoms with E-state index in [1.807, 2.05) is 6.92 Å². The number of rotatable bonds is 9. The first kappa shape index (κ1) is 15.9. The minimum Gasteiger partial charge on any atom is -0.383 e. The fraction of sp³-hybridized carbons (Fsp3) is 0.846. The Balaban J connectivity index is 2.21. The van der Waals surface area contributed by atoms with Gasteiger partial charge in [-0.15, -0.1) is 0 Å². The topological polar surface area (TPSA) is 67.9 Å². The zero-order valence-electron chi connectivity index (χ0n) is 11.8. The zero-order valence-corrected chi connectivity index (χ0v) is 11.8. The molecule has 1 atom stereocenters. The molecular formula is C13H24N2O4. The molecule has 0 aromatic carbocycles. The summed E-state index contributed by atoms with van der Waals surface area (Å²) < 4.78 is 10.1. The van der Waals surface area contributed by atoms with E-state index in [4.69, 9.17) is 9.47 Å². The lowest BCUT2D eigenvalue weighted by molar-refractivity contribution is -0.129. The van der Waals surface area contributed by atoms with E-state index in [2.05, 4.69) is 5.32 Å². The second kappa shape index (κ2) is 8.87. The van der Waals surface area contributed by atoms with Crippen molar-refractivity contribution in [3.05, 3.63) is 0 Å². The lowest BCUT2D eigenvalue weighted by Crippen LogP contribution is -2.34. The molecule has 1 fully saturated rings. The van der Waals surface area contributed by atoms with E-state index in [1.54, 1.807) is 12.0 Å². The first-order valence-electron chi connectivity index (χ1n) is 6.81. The number of methoxy groups -OCH3 is 1. The lowest BCUT2D eigenvalue weighted by Gasteiger charge is -2.15. The maximum Gasteiger partial charge on any atom is 0.225 e. The van der Waals surface area contributed by atoms with E-state index < -0.39 is 0 Å². The van der Waals surface area contributed by atoms with Gasteiger partial charge in [0.1, 0.15) is 0 Å². The Hall–Kier alpha value is -1.14. The molecule has 0 spiro atoms. The first-order valence-corrected chi connectivity index (χ1v) is 6.81. The van der Waals surface area contributed by atoms with Gasteiger partial charge in [-0.25, -0.2) is 0 Å². The van der Waals surface area contributed by atoms with Gasteiger partial charge in [-0.2, -0.15) is 0 Å². The van der Waals surface area contributed by atoms with Gasteiger partial charge in [-0.1, -0.05) is 0 Å². The number of nitrogens with one attached hydrogen (secondary N) is 1. The van der Waals surface area contributed by atoms with E-state index in [-0.39, 0.29) is 17.7 Å². The number of hydrogen-bond acceptors (Lipinski definition) is 4. The molecule has 1 heterocycles. The molecule has 1 N–H and O–H groups in total. The van der Waals surface area contributed by atoms with Crippen LogP contribution in [0, 0.1) is 5.92 Å². The molecule has 1 aliphatic heterocycles. The molecule has 0 aromatic rings. The standard InChI is InChI=1S/C13H24N2O4/c1-3-19-7-4-5-14-13(17)11-9-12(16)15(10-11)6-8-18-2/h11H,3-10H2,1-2H3,(H,14,17). The lowest BCUT2D eigenvalue weighted by atomic mass is 10.1. The van der Waals surface area contributed by atoms with Gasteiger partial charge in [0.2, 0.25) is 11.8 Å². The third-order valence-electron chi connectivity index (χ3n) is 3.12.